The van der Waals surface area contributed by atoms with Crippen LogP contribution in [-0.2, 0) is 4.79 Å². The molecule has 1 unspecified atom stereocenters. The number of aromatic nitrogens is 1. The van der Waals surface area contributed by atoms with Gasteiger partial charge in [0, 0.05) is 31.5 Å². The number of para-hydroxylation sites is 1. The number of anilines is 1. The minimum absolute atomic E-state index is 0.113. The average Bonchev–Trinajstić information content (AvgIpc) is 2.48. The first-order valence-electron chi connectivity index (χ1n) is 6.40. The molecule has 1 atom stereocenters. The van der Waals surface area contributed by atoms with E-state index < -0.39 is 0 Å². The van der Waals surface area contributed by atoms with E-state index in [1.807, 2.05) is 62.6 Å². The first-order valence-corrected chi connectivity index (χ1v) is 6.40. The fourth-order valence-electron chi connectivity index (χ4n) is 1.98. The molecule has 2 rings (SSSR count). The third-order valence-corrected chi connectivity index (χ3v) is 3.25. The highest BCUT2D eigenvalue weighted by molar-refractivity contribution is 5.93. The molecular formula is C16H18N2O. The molecule has 0 radical (unpaired) electrons. The lowest BCUT2D eigenvalue weighted by atomic mass is 9.99. The summed E-state index contributed by atoms with van der Waals surface area (Å²) in [5.74, 6) is 0.287. The number of amides is 1. The third-order valence-electron chi connectivity index (χ3n) is 3.25. The first kappa shape index (κ1) is 13.3. The lowest BCUT2D eigenvalue weighted by molar-refractivity contribution is -0.118. The molecule has 3 heteroatoms. The summed E-state index contributed by atoms with van der Waals surface area (Å²) in [6, 6.07) is 13.6. The minimum atomic E-state index is 0.113. The van der Waals surface area contributed by atoms with Crippen LogP contribution < -0.4 is 4.90 Å². The predicted molar refractivity (Wildman–Crippen MR) is 77.1 cm³/mol. The van der Waals surface area contributed by atoms with Gasteiger partial charge in [0.2, 0.25) is 5.91 Å². The van der Waals surface area contributed by atoms with E-state index in [1.54, 1.807) is 11.1 Å². The van der Waals surface area contributed by atoms with E-state index in [9.17, 15) is 4.79 Å². The summed E-state index contributed by atoms with van der Waals surface area (Å²) >= 11 is 0. The van der Waals surface area contributed by atoms with E-state index in [0.29, 0.717) is 6.42 Å². The monoisotopic (exact) mass is 254 g/mol. The van der Waals surface area contributed by atoms with Gasteiger partial charge in [-0.3, -0.25) is 9.78 Å². The molecule has 3 nitrogen and oxygen atoms in total. The molecule has 0 saturated carbocycles. The molecule has 1 aromatic carbocycles. The highest BCUT2D eigenvalue weighted by atomic mass is 16.2. The highest BCUT2D eigenvalue weighted by Gasteiger charge is 2.15. The van der Waals surface area contributed by atoms with Gasteiger partial charge < -0.3 is 4.90 Å². The van der Waals surface area contributed by atoms with E-state index in [2.05, 4.69) is 4.98 Å². The van der Waals surface area contributed by atoms with Gasteiger partial charge in [0.1, 0.15) is 0 Å². The zero-order chi connectivity index (χ0) is 13.7. The van der Waals surface area contributed by atoms with Gasteiger partial charge in [-0.05, 0) is 29.7 Å². The summed E-state index contributed by atoms with van der Waals surface area (Å²) in [7, 11) is 1.81. The van der Waals surface area contributed by atoms with Gasteiger partial charge in [0.05, 0.1) is 0 Å². The molecule has 0 spiro atoms. The molecule has 0 aliphatic carbocycles. The second kappa shape index (κ2) is 6.14. The molecule has 98 valence electrons. The van der Waals surface area contributed by atoms with Gasteiger partial charge in [-0.25, -0.2) is 0 Å². The Morgan fingerprint density at radius 1 is 1.21 bits per heavy atom. The van der Waals surface area contributed by atoms with Crippen molar-refractivity contribution in [3.63, 3.8) is 0 Å². The fourth-order valence-corrected chi connectivity index (χ4v) is 1.98. The summed E-state index contributed by atoms with van der Waals surface area (Å²) in [5, 5.41) is 0. The third kappa shape index (κ3) is 3.41. The van der Waals surface area contributed by atoms with Crippen LogP contribution in [0.2, 0.25) is 0 Å². The van der Waals surface area contributed by atoms with Crippen molar-refractivity contribution in [1.29, 1.82) is 0 Å². The zero-order valence-corrected chi connectivity index (χ0v) is 11.3. The topological polar surface area (TPSA) is 33.2 Å². The maximum atomic E-state index is 12.2. The summed E-state index contributed by atoms with van der Waals surface area (Å²) in [4.78, 5) is 18.0. The molecule has 1 aromatic heterocycles. The lowest BCUT2D eigenvalue weighted by Crippen LogP contribution is -2.27. The molecule has 1 amide bonds. The standard InChI is InChI=1S/C16H18N2O/c1-13(14-7-6-10-17-12-14)11-16(19)18(2)15-8-4-3-5-9-15/h3-10,12-13H,11H2,1-2H3. The minimum Gasteiger partial charge on any atom is -0.315 e. The van der Waals surface area contributed by atoms with Crippen molar-refractivity contribution in [2.45, 2.75) is 19.3 Å². The number of rotatable bonds is 4. The van der Waals surface area contributed by atoms with Crippen molar-refractivity contribution in [1.82, 2.24) is 4.98 Å². The number of nitrogens with zero attached hydrogens (tertiary/aromatic N) is 2. The SMILES string of the molecule is CC(CC(=O)N(C)c1ccccc1)c1cccnc1. The predicted octanol–water partition coefficient (Wildman–Crippen LogP) is 3.24. The van der Waals surface area contributed by atoms with Crippen LogP contribution >= 0.6 is 0 Å². The maximum Gasteiger partial charge on any atom is 0.227 e. The number of benzene rings is 1. The average molecular weight is 254 g/mol. The highest BCUT2D eigenvalue weighted by Crippen LogP contribution is 2.20. The van der Waals surface area contributed by atoms with Gasteiger partial charge in [0.15, 0.2) is 0 Å². The quantitative estimate of drug-likeness (QED) is 0.839. The van der Waals surface area contributed by atoms with Gasteiger partial charge in [0.25, 0.3) is 0 Å². The number of pyridine rings is 1. The smallest absolute Gasteiger partial charge is 0.227 e. The first-order chi connectivity index (χ1) is 9.18. The molecule has 2 aromatic rings. The number of carbonyl (C=O) groups is 1. The van der Waals surface area contributed by atoms with Crippen molar-refractivity contribution in [2.75, 3.05) is 11.9 Å². The Morgan fingerprint density at radius 2 is 1.95 bits per heavy atom. The van der Waals surface area contributed by atoms with Crippen LogP contribution in [0, 0.1) is 0 Å². The largest absolute Gasteiger partial charge is 0.315 e. The van der Waals surface area contributed by atoms with E-state index in [0.717, 1.165) is 11.3 Å². The Labute approximate surface area is 113 Å². The van der Waals surface area contributed by atoms with Crippen molar-refractivity contribution < 1.29 is 4.79 Å². The van der Waals surface area contributed by atoms with Gasteiger partial charge in [-0.15, -0.1) is 0 Å². The Morgan fingerprint density at radius 3 is 2.58 bits per heavy atom. The van der Waals surface area contributed by atoms with Crippen LogP contribution in [0.1, 0.15) is 24.8 Å². The molecule has 0 aliphatic rings. The molecule has 0 aliphatic heterocycles. The van der Waals surface area contributed by atoms with Crippen molar-refractivity contribution >= 4 is 11.6 Å². The lowest BCUT2D eigenvalue weighted by Gasteiger charge is -2.19. The molecule has 1 heterocycles. The van der Waals surface area contributed by atoms with Crippen molar-refractivity contribution in [2.24, 2.45) is 0 Å². The molecule has 19 heavy (non-hydrogen) atoms. The van der Waals surface area contributed by atoms with Crippen LogP contribution in [-0.4, -0.2) is 17.9 Å². The molecular weight excluding hydrogens is 236 g/mol. The summed E-state index contributed by atoms with van der Waals surface area (Å²) in [5.41, 5.74) is 2.02. The van der Waals surface area contributed by atoms with Gasteiger partial charge in [-0.2, -0.15) is 0 Å². The molecule has 0 fully saturated rings. The molecule has 0 bridgehead atoms. The van der Waals surface area contributed by atoms with E-state index in [4.69, 9.17) is 0 Å². The number of carbonyl (C=O) groups excluding carboxylic acids is 1. The van der Waals surface area contributed by atoms with Crippen LogP contribution in [0.3, 0.4) is 0 Å². The Balaban J connectivity index is 2.02. The number of hydrogen-bond donors (Lipinski definition) is 0. The zero-order valence-electron chi connectivity index (χ0n) is 11.3. The Bertz CT molecular complexity index is 525. The molecule has 0 N–H and O–H groups in total. The van der Waals surface area contributed by atoms with Crippen LogP contribution in [0.4, 0.5) is 5.69 Å². The van der Waals surface area contributed by atoms with Gasteiger partial charge >= 0.3 is 0 Å². The second-order valence-corrected chi connectivity index (χ2v) is 4.68. The van der Waals surface area contributed by atoms with E-state index >= 15 is 0 Å². The molecule has 0 saturated heterocycles. The van der Waals surface area contributed by atoms with Crippen LogP contribution in [0.25, 0.3) is 0 Å². The number of hydrogen-bond acceptors (Lipinski definition) is 2. The van der Waals surface area contributed by atoms with Crippen LogP contribution in [0.5, 0.6) is 0 Å². The Kier molecular flexibility index (Phi) is 4.29. The Hall–Kier alpha value is -2.16. The van der Waals surface area contributed by atoms with Gasteiger partial charge in [-0.1, -0.05) is 31.2 Å². The fraction of sp³-hybridized carbons (Fsp3) is 0.250. The summed E-state index contributed by atoms with van der Waals surface area (Å²) < 4.78 is 0. The second-order valence-electron chi connectivity index (χ2n) is 4.68. The summed E-state index contributed by atoms with van der Waals surface area (Å²) in [6.45, 7) is 2.05. The summed E-state index contributed by atoms with van der Waals surface area (Å²) in [6.07, 6.45) is 4.05. The van der Waals surface area contributed by atoms with E-state index in [1.165, 1.54) is 0 Å². The van der Waals surface area contributed by atoms with Crippen molar-refractivity contribution in [3.05, 3.63) is 60.4 Å². The maximum absolute atomic E-state index is 12.2. The normalized spacial score (nSPS) is 11.9. The van der Waals surface area contributed by atoms with Crippen LogP contribution in [0.15, 0.2) is 54.9 Å². The van der Waals surface area contributed by atoms with Crippen molar-refractivity contribution in [3.8, 4) is 0 Å². The van der Waals surface area contributed by atoms with E-state index in [-0.39, 0.29) is 11.8 Å².